The minimum absolute atomic E-state index is 0.0993. The van der Waals surface area contributed by atoms with Gasteiger partial charge in [-0.2, -0.15) is 0 Å². The highest BCUT2D eigenvalue weighted by atomic mass is 35.5. The first-order valence-electron chi connectivity index (χ1n) is 4.93. The average molecular weight is 301 g/mol. The molecular weight excluding hydrogens is 295 g/mol. The Kier molecular flexibility index (Phi) is 3.68. The van der Waals surface area contributed by atoms with Crippen LogP contribution in [0.1, 0.15) is 10.5 Å². The van der Waals surface area contributed by atoms with E-state index in [0.717, 1.165) is 6.07 Å². The molecule has 0 atom stereocenters. The van der Waals surface area contributed by atoms with Crippen LogP contribution in [-0.2, 0) is 0 Å². The zero-order valence-electron chi connectivity index (χ0n) is 9.18. The lowest BCUT2D eigenvalue weighted by Crippen LogP contribution is -2.12. The lowest BCUT2D eigenvalue weighted by molar-refractivity contribution is -0.389. The summed E-state index contributed by atoms with van der Waals surface area (Å²) in [4.78, 5) is 21.5. The summed E-state index contributed by atoms with van der Waals surface area (Å²) in [5.74, 6) is -0.956. The Balaban J connectivity index is 2.15. The van der Waals surface area contributed by atoms with Gasteiger partial charge in [0.05, 0.1) is 16.1 Å². The average Bonchev–Trinajstić information content (AvgIpc) is 2.83. The van der Waals surface area contributed by atoms with Crippen LogP contribution in [0, 0.1) is 10.1 Å². The van der Waals surface area contributed by atoms with Crippen molar-refractivity contribution >= 4 is 40.6 Å². The number of aromatic nitrogens is 2. The molecule has 0 aliphatic rings. The quantitative estimate of drug-likeness (QED) is 0.672. The van der Waals surface area contributed by atoms with E-state index >= 15 is 0 Å². The lowest BCUT2D eigenvalue weighted by atomic mass is 10.3. The summed E-state index contributed by atoms with van der Waals surface area (Å²) >= 11 is 11.5. The van der Waals surface area contributed by atoms with Gasteiger partial charge in [-0.15, -0.1) is 5.10 Å². The van der Waals surface area contributed by atoms with E-state index in [1.165, 1.54) is 12.1 Å². The van der Waals surface area contributed by atoms with Crippen LogP contribution >= 0.6 is 23.2 Å². The third-order valence-electron chi connectivity index (χ3n) is 2.17. The largest absolute Gasteiger partial charge is 0.358 e. The summed E-state index contributed by atoms with van der Waals surface area (Å²) in [5.41, 5.74) is 0.308. The Hall–Kier alpha value is -2.12. The summed E-state index contributed by atoms with van der Waals surface area (Å²) in [6.45, 7) is 0. The minimum Gasteiger partial charge on any atom is -0.358 e. The molecule has 0 aliphatic carbocycles. The van der Waals surface area contributed by atoms with Crippen molar-refractivity contribution in [2.45, 2.75) is 0 Å². The fraction of sp³-hybridized carbons (Fsp3) is 0. The molecule has 0 radical (unpaired) electrons. The Morgan fingerprint density at radius 3 is 2.63 bits per heavy atom. The van der Waals surface area contributed by atoms with Crippen LogP contribution in [0.5, 0.6) is 0 Å². The van der Waals surface area contributed by atoms with Crippen LogP contribution in [0.15, 0.2) is 24.3 Å². The molecule has 0 aliphatic heterocycles. The number of carbonyl (C=O) groups is 1. The molecule has 98 valence electrons. The first-order valence-corrected chi connectivity index (χ1v) is 5.69. The molecule has 0 saturated carbocycles. The number of rotatable bonds is 3. The number of anilines is 1. The molecule has 0 spiro atoms. The first-order chi connectivity index (χ1) is 8.97. The predicted octanol–water partition coefficient (Wildman–Crippen LogP) is 2.88. The van der Waals surface area contributed by atoms with E-state index < -0.39 is 10.8 Å². The number of carbonyl (C=O) groups excluding carboxylic acids is 1. The van der Waals surface area contributed by atoms with E-state index in [-0.39, 0.29) is 16.5 Å². The highest BCUT2D eigenvalue weighted by Gasteiger charge is 2.16. The van der Waals surface area contributed by atoms with Crippen LogP contribution in [0.25, 0.3) is 0 Å². The van der Waals surface area contributed by atoms with Crippen LogP contribution < -0.4 is 5.32 Å². The molecule has 0 unspecified atom stereocenters. The van der Waals surface area contributed by atoms with Crippen molar-refractivity contribution < 1.29 is 9.72 Å². The number of nitro groups is 1. The maximum absolute atomic E-state index is 11.8. The number of nitrogens with zero attached hydrogens (tertiary/aromatic N) is 2. The number of nitrogens with one attached hydrogen (secondary N) is 2. The second-order valence-corrected chi connectivity index (χ2v) is 4.29. The van der Waals surface area contributed by atoms with Crippen molar-refractivity contribution in [2.75, 3.05) is 5.32 Å². The van der Waals surface area contributed by atoms with Gasteiger partial charge in [0.2, 0.25) is 0 Å². The summed E-state index contributed by atoms with van der Waals surface area (Å²) in [5, 5.41) is 19.3. The van der Waals surface area contributed by atoms with Gasteiger partial charge in [-0.25, -0.2) is 0 Å². The number of amides is 1. The molecule has 1 aromatic carbocycles. The van der Waals surface area contributed by atoms with Gasteiger partial charge >= 0.3 is 5.82 Å². The molecule has 0 fully saturated rings. The number of hydrogen-bond acceptors (Lipinski definition) is 4. The fourth-order valence-corrected chi connectivity index (χ4v) is 1.59. The van der Waals surface area contributed by atoms with Crippen LogP contribution in [-0.4, -0.2) is 21.0 Å². The molecular formula is C10H6Cl2N4O3. The topological polar surface area (TPSA) is 101 Å². The molecule has 0 saturated heterocycles. The Morgan fingerprint density at radius 2 is 2.05 bits per heavy atom. The third kappa shape index (κ3) is 3.01. The molecule has 1 heterocycles. The van der Waals surface area contributed by atoms with E-state index in [4.69, 9.17) is 23.2 Å². The summed E-state index contributed by atoms with van der Waals surface area (Å²) in [6, 6.07) is 5.56. The van der Waals surface area contributed by atoms with Crippen molar-refractivity contribution in [1.29, 1.82) is 0 Å². The zero-order chi connectivity index (χ0) is 14.0. The number of benzene rings is 1. The van der Waals surface area contributed by atoms with Crippen LogP contribution in [0.4, 0.5) is 11.5 Å². The van der Waals surface area contributed by atoms with E-state index in [0.29, 0.717) is 10.7 Å². The van der Waals surface area contributed by atoms with Crippen LogP contribution in [0.3, 0.4) is 0 Å². The zero-order valence-corrected chi connectivity index (χ0v) is 10.7. The molecule has 0 bridgehead atoms. The van der Waals surface area contributed by atoms with Crippen molar-refractivity contribution in [1.82, 2.24) is 10.2 Å². The number of halogens is 2. The maximum Gasteiger partial charge on any atom is 0.343 e. The number of aromatic amines is 1. The van der Waals surface area contributed by atoms with E-state index in [9.17, 15) is 14.9 Å². The third-order valence-corrected chi connectivity index (χ3v) is 2.91. The van der Waals surface area contributed by atoms with Gasteiger partial charge in [-0.05, 0) is 23.1 Å². The van der Waals surface area contributed by atoms with Gasteiger partial charge < -0.3 is 15.4 Å². The van der Waals surface area contributed by atoms with Gasteiger partial charge in [0.15, 0.2) is 5.69 Å². The number of hydrogen-bond donors (Lipinski definition) is 2. The van der Waals surface area contributed by atoms with Crippen molar-refractivity contribution in [3.63, 3.8) is 0 Å². The van der Waals surface area contributed by atoms with Crippen molar-refractivity contribution in [3.05, 3.63) is 50.1 Å². The van der Waals surface area contributed by atoms with E-state index in [2.05, 4.69) is 15.5 Å². The summed E-state index contributed by atoms with van der Waals surface area (Å²) in [7, 11) is 0. The SMILES string of the molecule is O=C(Nc1ccc(Cl)c(Cl)c1)c1cc([N+](=O)[O-])[nH]n1. The molecule has 19 heavy (non-hydrogen) atoms. The van der Waals surface area contributed by atoms with Crippen molar-refractivity contribution in [2.24, 2.45) is 0 Å². The van der Waals surface area contributed by atoms with Gasteiger partial charge in [0, 0.05) is 5.69 Å². The molecule has 7 nitrogen and oxygen atoms in total. The van der Waals surface area contributed by atoms with Gasteiger partial charge in [0.25, 0.3) is 5.91 Å². The summed E-state index contributed by atoms with van der Waals surface area (Å²) in [6.07, 6.45) is 0. The second kappa shape index (κ2) is 5.25. The van der Waals surface area contributed by atoms with Gasteiger partial charge in [-0.1, -0.05) is 28.3 Å². The molecule has 2 N–H and O–H groups in total. The van der Waals surface area contributed by atoms with Gasteiger partial charge in [-0.3, -0.25) is 4.79 Å². The standard InChI is InChI=1S/C10H6Cl2N4O3/c11-6-2-1-5(3-7(6)12)13-10(17)8-4-9(15-14-8)16(18)19/h1-4H,(H,13,17)(H,14,15). The second-order valence-electron chi connectivity index (χ2n) is 3.48. The smallest absolute Gasteiger partial charge is 0.343 e. The minimum atomic E-state index is -0.678. The number of H-pyrrole nitrogens is 1. The highest BCUT2D eigenvalue weighted by Crippen LogP contribution is 2.25. The van der Waals surface area contributed by atoms with E-state index in [1.807, 2.05) is 0 Å². The predicted molar refractivity (Wildman–Crippen MR) is 69.7 cm³/mol. The Labute approximate surface area is 116 Å². The first kappa shape index (κ1) is 13.3. The van der Waals surface area contributed by atoms with Crippen LogP contribution in [0.2, 0.25) is 10.0 Å². The molecule has 2 aromatic rings. The molecule has 1 amide bonds. The maximum atomic E-state index is 11.8. The lowest BCUT2D eigenvalue weighted by Gasteiger charge is -2.03. The van der Waals surface area contributed by atoms with E-state index in [1.54, 1.807) is 6.07 Å². The van der Waals surface area contributed by atoms with Crippen molar-refractivity contribution in [3.8, 4) is 0 Å². The highest BCUT2D eigenvalue weighted by molar-refractivity contribution is 6.42. The molecule has 9 heteroatoms. The Bertz CT molecular complexity index is 656. The normalized spacial score (nSPS) is 10.2. The molecule has 2 rings (SSSR count). The molecule has 1 aromatic heterocycles. The monoisotopic (exact) mass is 300 g/mol. The Morgan fingerprint density at radius 1 is 1.32 bits per heavy atom. The fourth-order valence-electron chi connectivity index (χ4n) is 1.29. The summed E-state index contributed by atoms with van der Waals surface area (Å²) < 4.78 is 0. The van der Waals surface area contributed by atoms with Gasteiger partial charge in [0.1, 0.15) is 0 Å².